The normalized spacial score (nSPS) is 10.4. The fourth-order valence-electron chi connectivity index (χ4n) is 1.35. The first-order chi connectivity index (χ1) is 6.81. The smallest absolute Gasteiger partial charge is 0.325 e. The zero-order valence-corrected chi connectivity index (χ0v) is 7.80. The molecule has 0 atom stereocenters. The lowest BCUT2D eigenvalue weighted by molar-refractivity contribution is -0.141. The van der Waals surface area contributed by atoms with Gasteiger partial charge in [0.05, 0.1) is 7.11 Å². The Kier molecular flexibility index (Phi) is 2.18. The van der Waals surface area contributed by atoms with Crippen molar-refractivity contribution in [2.45, 2.75) is 6.54 Å². The standard InChI is InChI=1S/C10H10N2O2/c1-14-9(13)7-12-6-4-8-3-2-5-11-10(8)12/h2-6H,7H2,1H3. The maximum absolute atomic E-state index is 11.1. The largest absolute Gasteiger partial charge is 0.468 e. The van der Waals surface area contributed by atoms with Crippen LogP contribution < -0.4 is 0 Å². The van der Waals surface area contributed by atoms with Crippen molar-refractivity contribution in [3.63, 3.8) is 0 Å². The minimum atomic E-state index is -0.270. The van der Waals surface area contributed by atoms with Gasteiger partial charge in [0.25, 0.3) is 0 Å². The van der Waals surface area contributed by atoms with Crippen LogP contribution in [0.1, 0.15) is 0 Å². The van der Waals surface area contributed by atoms with E-state index in [9.17, 15) is 4.79 Å². The van der Waals surface area contributed by atoms with E-state index in [-0.39, 0.29) is 12.5 Å². The summed E-state index contributed by atoms with van der Waals surface area (Å²) in [5, 5.41) is 1.02. The van der Waals surface area contributed by atoms with E-state index in [0.717, 1.165) is 11.0 Å². The predicted molar refractivity (Wildman–Crippen MR) is 51.7 cm³/mol. The quantitative estimate of drug-likeness (QED) is 0.668. The van der Waals surface area contributed by atoms with E-state index in [4.69, 9.17) is 0 Å². The van der Waals surface area contributed by atoms with Crippen LogP contribution in [-0.4, -0.2) is 22.6 Å². The number of esters is 1. The monoisotopic (exact) mass is 190 g/mol. The van der Waals surface area contributed by atoms with E-state index in [2.05, 4.69) is 9.72 Å². The summed E-state index contributed by atoms with van der Waals surface area (Å²) >= 11 is 0. The molecule has 0 bridgehead atoms. The van der Waals surface area contributed by atoms with Gasteiger partial charge in [-0.2, -0.15) is 0 Å². The fraction of sp³-hybridized carbons (Fsp3) is 0.200. The van der Waals surface area contributed by atoms with Gasteiger partial charge < -0.3 is 9.30 Å². The van der Waals surface area contributed by atoms with Crippen LogP contribution in [0.15, 0.2) is 30.6 Å². The lowest BCUT2D eigenvalue weighted by Crippen LogP contribution is -2.10. The lowest BCUT2D eigenvalue weighted by atomic mass is 10.3. The highest BCUT2D eigenvalue weighted by Crippen LogP contribution is 2.11. The van der Waals surface area contributed by atoms with Crippen molar-refractivity contribution in [2.75, 3.05) is 7.11 Å². The number of fused-ring (bicyclic) bond motifs is 1. The molecule has 2 aromatic rings. The SMILES string of the molecule is COC(=O)Cn1ccc2cccnc21. The van der Waals surface area contributed by atoms with Crippen molar-refractivity contribution in [3.8, 4) is 0 Å². The van der Waals surface area contributed by atoms with Gasteiger partial charge >= 0.3 is 5.97 Å². The summed E-state index contributed by atoms with van der Waals surface area (Å²) in [6, 6.07) is 5.74. The molecule has 0 spiro atoms. The van der Waals surface area contributed by atoms with Gasteiger partial charge in [0.1, 0.15) is 12.2 Å². The van der Waals surface area contributed by atoms with Gasteiger partial charge in [-0.25, -0.2) is 4.98 Å². The average molecular weight is 190 g/mol. The molecule has 0 radical (unpaired) electrons. The molecule has 0 aliphatic carbocycles. The van der Waals surface area contributed by atoms with Gasteiger partial charge in [-0.15, -0.1) is 0 Å². The predicted octanol–water partition coefficient (Wildman–Crippen LogP) is 1.21. The average Bonchev–Trinajstić information content (AvgIpc) is 2.62. The van der Waals surface area contributed by atoms with Crippen LogP contribution in [0.5, 0.6) is 0 Å². The molecule has 4 heteroatoms. The molecule has 0 N–H and O–H groups in total. The number of rotatable bonds is 2. The summed E-state index contributed by atoms with van der Waals surface area (Å²) in [7, 11) is 1.38. The Morgan fingerprint density at radius 2 is 2.43 bits per heavy atom. The number of hydrogen-bond donors (Lipinski definition) is 0. The second-order valence-corrected chi connectivity index (χ2v) is 2.94. The van der Waals surface area contributed by atoms with Gasteiger partial charge in [-0.05, 0) is 18.2 Å². The van der Waals surface area contributed by atoms with E-state index in [1.54, 1.807) is 10.8 Å². The molecule has 0 aliphatic rings. The summed E-state index contributed by atoms with van der Waals surface area (Å²) in [6.45, 7) is 0.205. The third kappa shape index (κ3) is 1.46. The molecule has 72 valence electrons. The number of ether oxygens (including phenoxy) is 1. The Morgan fingerprint density at radius 3 is 3.21 bits per heavy atom. The highest BCUT2D eigenvalue weighted by molar-refractivity contribution is 5.78. The fourth-order valence-corrected chi connectivity index (χ4v) is 1.35. The van der Waals surface area contributed by atoms with Gasteiger partial charge in [0.15, 0.2) is 0 Å². The zero-order valence-electron chi connectivity index (χ0n) is 7.80. The topological polar surface area (TPSA) is 44.1 Å². The second kappa shape index (κ2) is 3.49. The van der Waals surface area contributed by atoms with Gasteiger partial charge in [0, 0.05) is 17.8 Å². The summed E-state index contributed by atoms with van der Waals surface area (Å²) in [5.41, 5.74) is 0.804. The Labute approximate surface area is 81.1 Å². The van der Waals surface area contributed by atoms with E-state index in [1.807, 2.05) is 24.4 Å². The van der Waals surface area contributed by atoms with Crippen LogP contribution in [-0.2, 0) is 16.1 Å². The Hall–Kier alpha value is -1.84. The van der Waals surface area contributed by atoms with Crippen molar-refractivity contribution >= 4 is 17.0 Å². The van der Waals surface area contributed by atoms with Crippen molar-refractivity contribution in [3.05, 3.63) is 30.6 Å². The van der Waals surface area contributed by atoms with Crippen molar-refractivity contribution in [2.24, 2.45) is 0 Å². The minimum absolute atomic E-state index is 0.205. The number of carbonyl (C=O) groups excluding carboxylic acids is 1. The summed E-state index contributed by atoms with van der Waals surface area (Å²) in [4.78, 5) is 15.2. The molecule has 0 saturated heterocycles. The Balaban J connectivity index is 2.38. The first-order valence-corrected chi connectivity index (χ1v) is 4.28. The van der Waals surface area contributed by atoms with E-state index >= 15 is 0 Å². The molecule has 0 aliphatic heterocycles. The molecule has 0 fully saturated rings. The van der Waals surface area contributed by atoms with Crippen LogP contribution in [0.2, 0.25) is 0 Å². The molecule has 0 amide bonds. The molecule has 0 saturated carbocycles. The van der Waals surface area contributed by atoms with Crippen molar-refractivity contribution in [1.29, 1.82) is 0 Å². The number of carbonyl (C=O) groups is 1. The van der Waals surface area contributed by atoms with Gasteiger partial charge in [0.2, 0.25) is 0 Å². The third-order valence-corrected chi connectivity index (χ3v) is 2.05. The Bertz CT molecular complexity index is 462. The third-order valence-electron chi connectivity index (χ3n) is 2.05. The van der Waals surface area contributed by atoms with Crippen LogP contribution in [0.25, 0.3) is 11.0 Å². The summed E-state index contributed by atoms with van der Waals surface area (Å²) in [5.74, 6) is -0.270. The molecule has 2 rings (SSSR count). The molecule has 2 heterocycles. The number of hydrogen-bond acceptors (Lipinski definition) is 3. The summed E-state index contributed by atoms with van der Waals surface area (Å²) in [6.07, 6.45) is 3.53. The molecule has 4 nitrogen and oxygen atoms in total. The molecule has 14 heavy (non-hydrogen) atoms. The number of pyridine rings is 1. The number of aromatic nitrogens is 2. The van der Waals surface area contributed by atoms with Crippen molar-refractivity contribution in [1.82, 2.24) is 9.55 Å². The van der Waals surface area contributed by atoms with E-state index < -0.39 is 0 Å². The molecular weight excluding hydrogens is 180 g/mol. The number of methoxy groups -OCH3 is 1. The highest BCUT2D eigenvalue weighted by atomic mass is 16.5. The first-order valence-electron chi connectivity index (χ1n) is 4.28. The molecule has 0 aromatic carbocycles. The van der Waals surface area contributed by atoms with E-state index in [0.29, 0.717) is 0 Å². The zero-order chi connectivity index (χ0) is 9.97. The van der Waals surface area contributed by atoms with Crippen LogP contribution in [0.3, 0.4) is 0 Å². The number of nitrogens with zero attached hydrogens (tertiary/aromatic N) is 2. The van der Waals surface area contributed by atoms with Gasteiger partial charge in [-0.1, -0.05) is 0 Å². The maximum Gasteiger partial charge on any atom is 0.325 e. The van der Waals surface area contributed by atoms with Gasteiger partial charge in [-0.3, -0.25) is 4.79 Å². The second-order valence-electron chi connectivity index (χ2n) is 2.94. The van der Waals surface area contributed by atoms with Crippen LogP contribution in [0.4, 0.5) is 0 Å². The van der Waals surface area contributed by atoms with E-state index in [1.165, 1.54) is 7.11 Å². The molecule has 0 unspecified atom stereocenters. The molecular formula is C10H10N2O2. The molecule has 2 aromatic heterocycles. The Morgan fingerprint density at radius 1 is 1.57 bits per heavy atom. The highest BCUT2D eigenvalue weighted by Gasteiger charge is 2.05. The summed E-state index contributed by atoms with van der Waals surface area (Å²) < 4.78 is 6.35. The maximum atomic E-state index is 11.1. The minimum Gasteiger partial charge on any atom is -0.468 e. The lowest BCUT2D eigenvalue weighted by Gasteiger charge is -2.01. The van der Waals surface area contributed by atoms with Crippen LogP contribution >= 0.6 is 0 Å². The first kappa shape index (κ1) is 8.74. The van der Waals surface area contributed by atoms with Crippen molar-refractivity contribution < 1.29 is 9.53 Å². The van der Waals surface area contributed by atoms with Crippen LogP contribution in [0, 0.1) is 0 Å².